The van der Waals surface area contributed by atoms with Gasteiger partial charge in [0.25, 0.3) is 5.91 Å². The van der Waals surface area contributed by atoms with Crippen molar-refractivity contribution in [3.8, 4) is 5.75 Å². The van der Waals surface area contributed by atoms with Crippen LogP contribution in [0, 0.1) is 6.92 Å². The number of carbonyl (C=O) groups excluding carboxylic acids is 1. The number of benzene rings is 3. The average Bonchev–Trinajstić information content (AvgIpc) is 3.12. The molecular formula is C28H28N4O2. The van der Waals surface area contributed by atoms with Crippen molar-refractivity contribution in [3.05, 3.63) is 100 Å². The van der Waals surface area contributed by atoms with Crippen LogP contribution in [-0.2, 0) is 24.4 Å². The second kappa shape index (κ2) is 9.15. The molecule has 2 heterocycles. The van der Waals surface area contributed by atoms with Gasteiger partial charge in [0.1, 0.15) is 18.2 Å². The molecule has 1 aliphatic heterocycles. The van der Waals surface area contributed by atoms with Crippen molar-refractivity contribution in [2.75, 3.05) is 0 Å². The van der Waals surface area contributed by atoms with Gasteiger partial charge in [-0.05, 0) is 59.4 Å². The number of fused-ring (bicyclic) bond motifs is 3. The molecular weight excluding hydrogens is 424 g/mol. The van der Waals surface area contributed by atoms with E-state index in [1.807, 2.05) is 24.3 Å². The monoisotopic (exact) mass is 452 g/mol. The number of amides is 1. The van der Waals surface area contributed by atoms with Gasteiger partial charge in [-0.25, -0.2) is 10.8 Å². The van der Waals surface area contributed by atoms with Gasteiger partial charge >= 0.3 is 0 Å². The first-order valence-electron chi connectivity index (χ1n) is 11.6. The highest BCUT2D eigenvalue weighted by atomic mass is 16.5. The summed E-state index contributed by atoms with van der Waals surface area (Å²) in [5.41, 5.74) is 10.5. The molecule has 0 saturated heterocycles. The number of hydrogen-bond acceptors (Lipinski definition) is 4. The second-order valence-electron chi connectivity index (χ2n) is 8.65. The summed E-state index contributed by atoms with van der Waals surface area (Å²) in [5.74, 6) is 6.87. The van der Waals surface area contributed by atoms with Crippen molar-refractivity contribution in [1.29, 1.82) is 0 Å². The number of imidazole rings is 1. The van der Waals surface area contributed by atoms with E-state index in [0.29, 0.717) is 6.61 Å². The lowest BCUT2D eigenvalue weighted by atomic mass is 9.92. The summed E-state index contributed by atoms with van der Waals surface area (Å²) in [5, 5.41) is 0. The molecule has 0 fully saturated rings. The quantitative estimate of drug-likeness (QED) is 0.200. The highest BCUT2D eigenvalue weighted by Crippen LogP contribution is 2.37. The van der Waals surface area contributed by atoms with Crippen LogP contribution in [0.5, 0.6) is 5.75 Å². The number of hydrazine groups is 1. The predicted octanol–water partition coefficient (Wildman–Crippen LogP) is 4.66. The normalized spacial score (nSPS) is 13.8. The van der Waals surface area contributed by atoms with Crippen molar-refractivity contribution in [2.24, 2.45) is 5.84 Å². The topological polar surface area (TPSA) is 82.2 Å². The van der Waals surface area contributed by atoms with Crippen LogP contribution in [0.3, 0.4) is 0 Å². The van der Waals surface area contributed by atoms with Crippen molar-refractivity contribution < 1.29 is 9.53 Å². The fourth-order valence-corrected chi connectivity index (χ4v) is 4.68. The smallest absolute Gasteiger partial charge is 0.258 e. The Hall–Kier alpha value is -3.90. The number of nitrogens with one attached hydrogen (secondary N) is 1. The molecule has 3 aromatic carbocycles. The summed E-state index contributed by atoms with van der Waals surface area (Å²) in [6.07, 6.45) is 3.51. The molecule has 5 rings (SSSR count). The van der Waals surface area contributed by atoms with E-state index in [4.69, 9.17) is 15.6 Å². The van der Waals surface area contributed by atoms with Crippen LogP contribution in [0.1, 0.15) is 47.0 Å². The molecule has 0 saturated carbocycles. The molecule has 3 N–H and O–H groups in total. The molecule has 6 nitrogen and oxygen atoms in total. The molecule has 4 aromatic rings. The Kier molecular flexibility index (Phi) is 5.90. The van der Waals surface area contributed by atoms with Gasteiger partial charge in [-0.15, -0.1) is 0 Å². The molecule has 0 atom stereocenters. The van der Waals surface area contributed by atoms with Crippen LogP contribution in [0.4, 0.5) is 0 Å². The third kappa shape index (κ3) is 3.97. The molecule has 0 bridgehead atoms. The third-order valence-electron chi connectivity index (χ3n) is 6.31. The molecule has 0 aliphatic carbocycles. The SMILES string of the molecule is CCCc1nc2c(C)cccc2n1Cc1ccc2c(c1)COc1ccccc1C2=CC(=O)NN. The van der Waals surface area contributed by atoms with Crippen LogP contribution in [0.15, 0.2) is 66.7 Å². The summed E-state index contributed by atoms with van der Waals surface area (Å²) >= 11 is 0. The molecule has 1 aliphatic rings. The van der Waals surface area contributed by atoms with Gasteiger partial charge in [0, 0.05) is 24.6 Å². The Morgan fingerprint density at radius 3 is 2.82 bits per heavy atom. The number of ether oxygens (including phenoxy) is 1. The second-order valence-corrected chi connectivity index (χ2v) is 8.65. The maximum atomic E-state index is 12.2. The van der Waals surface area contributed by atoms with E-state index < -0.39 is 0 Å². The molecule has 0 spiro atoms. The lowest BCUT2D eigenvalue weighted by Gasteiger charge is -2.13. The lowest BCUT2D eigenvalue weighted by Crippen LogP contribution is -2.28. The molecule has 6 heteroatoms. The van der Waals surface area contributed by atoms with Crippen LogP contribution in [0.25, 0.3) is 16.6 Å². The maximum Gasteiger partial charge on any atom is 0.258 e. The Morgan fingerprint density at radius 1 is 1.15 bits per heavy atom. The number of carbonyl (C=O) groups is 1. The number of hydrogen-bond donors (Lipinski definition) is 2. The first-order chi connectivity index (χ1) is 16.6. The molecule has 1 amide bonds. The zero-order valence-electron chi connectivity index (χ0n) is 19.5. The summed E-state index contributed by atoms with van der Waals surface area (Å²) < 4.78 is 8.45. The minimum absolute atomic E-state index is 0.355. The fraction of sp³-hybridized carbons (Fsp3) is 0.214. The predicted molar refractivity (Wildman–Crippen MR) is 134 cm³/mol. The van der Waals surface area contributed by atoms with E-state index in [-0.39, 0.29) is 5.91 Å². The minimum atomic E-state index is -0.355. The standard InChI is InChI=1S/C28H28N4O2/c1-3-7-26-30-28-18(2)8-6-10-24(28)32(26)16-19-12-13-21-20(14-19)17-34-25-11-5-4-9-22(25)23(21)15-27(33)31-29/h4-6,8-15H,3,7,16-17,29H2,1-2H3,(H,31,33). The number of para-hydroxylation sites is 2. The zero-order valence-corrected chi connectivity index (χ0v) is 19.5. The van der Waals surface area contributed by atoms with E-state index in [2.05, 4.69) is 60.2 Å². The Morgan fingerprint density at radius 2 is 2.00 bits per heavy atom. The summed E-state index contributed by atoms with van der Waals surface area (Å²) in [7, 11) is 0. The number of nitrogens with two attached hydrogens (primary N) is 1. The molecule has 1 aromatic heterocycles. The van der Waals surface area contributed by atoms with Crippen LogP contribution in [0.2, 0.25) is 0 Å². The first kappa shape index (κ1) is 21.9. The highest BCUT2D eigenvalue weighted by molar-refractivity contribution is 6.00. The summed E-state index contributed by atoms with van der Waals surface area (Å²) in [6.45, 7) is 5.43. The van der Waals surface area contributed by atoms with Crippen LogP contribution < -0.4 is 16.0 Å². The van der Waals surface area contributed by atoms with Crippen molar-refractivity contribution in [2.45, 2.75) is 39.8 Å². The number of aromatic nitrogens is 2. The summed E-state index contributed by atoms with van der Waals surface area (Å²) in [4.78, 5) is 17.1. The Bertz CT molecular complexity index is 1420. The van der Waals surface area contributed by atoms with E-state index in [0.717, 1.165) is 69.8 Å². The van der Waals surface area contributed by atoms with Crippen molar-refractivity contribution in [3.63, 3.8) is 0 Å². The molecule has 34 heavy (non-hydrogen) atoms. The molecule has 0 radical (unpaired) electrons. The van der Waals surface area contributed by atoms with E-state index in [1.165, 1.54) is 11.6 Å². The van der Waals surface area contributed by atoms with Crippen LogP contribution in [-0.4, -0.2) is 15.5 Å². The third-order valence-corrected chi connectivity index (χ3v) is 6.31. The fourth-order valence-electron chi connectivity index (χ4n) is 4.68. The van der Waals surface area contributed by atoms with Gasteiger partial charge < -0.3 is 9.30 Å². The largest absolute Gasteiger partial charge is 0.488 e. The van der Waals surface area contributed by atoms with Gasteiger partial charge in [-0.2, -0.15) is 0 Å². The molecule has 0 unspecified atom stereocenters. The highest BCUT2D eigenvalue weighted by Gasteiger charge is 2.21. The van der Waals surface area contributed by atoms with Crippen molar-refractivity contribution in [1.82, 2.24) is 15.0 Å². The van der Waals surface area contributed by atoms with Gasteiger partial charge in [0.05, 0.1) is 11.0 Å². The maximum absolute atomic E-state index is 12.2. The van der Waals surface area contributed by atoms with E-state index in [1.54, 1.807) is 0 Å². The number of nitrogens with zero attached hydrogens (tertiary/aromatic N) is 2. The van der Waals surface area contributed by atoms with E-state index >= 15 is 0 Å². The first-order valence-corrected chi connectivity index (χ1v) is 11.6. The average molecular weight is 453 g/mol. The number of rotatable bonds is 5. The Labute approximate surface area is 199 Å². The van der Waals surface area contributed by atoms with Gasteiger partial charge in [0.15, 0.2) is 0 Å². The summed E-state index contributed by atoms with van der Waals surface area (Å²) in [6, 6.07) is 20.5. The minimum Gasteiger partial charge on any atom is -0.488 e. The van der Waals surface area contributed by atoms with Gasteiger partial charge in [0.2, 0.25) is 0 Å². The van der Waals surface area contributed by atoms with Gasteiger partial charge in [-0.3, -0.25) is 10.2 Å². The van der Waals surface area contributed by atoms with Crippen LogP contribution >= 0.6 is 0 Å². The lowest BCUT2D eigenvalue weighted by molar-refractivity contribution is -0.116. The molecule has 172 valence electrons. The number of aryl methyl sites for hydroxylation is 2. The van der Waals surface area contributed by atoms with Crippen molar-refractivity contribution >= 4 is 22.5 Å². The van der Waals surface area contributed by atoms with Gasteiger partial charge in [-0.1, -0.05) is 49.4 Å². The Balaban J connectivity index is 1.58. The zero-order chi connectivity index (χ0) is 23.7. The van der Waals surface area contributed by atoms with E-state index in [9.17, 15) is 4.79 Å².